The molecule has 0 radical (unpaired) electrons. The fourth-order valence-electron chi connectivity index (χ4n) is 3.59. The molecule has 1 fully saturated rings. The molecular formula is C28H18Cl2N2O5S. The predicted molar refractivity (Wildman–Crippen MR) is 149 cm³/mol. The Balaban J connectivity index is 1.30. The molecule has 10 heteroatoms. The van der Waals surface area contributed by atoms with Crippen molar-refractivity contribution in [1.29, 1.82) is 0 Å². The number of carbonyl (C=O) groups excluding carboxylic acids is 2. The maximum absolute atomic E-state index is 13.3. The Hall–Kier alpha value is -4.11. The summed E-state index contributed by atoms with van der Waals surface area (Å²) in [6.45, 7) is 0.106. The maximum atomic E-state index is 13.3. The molecule has 4 aromatic rings. The van der Waals surface area contributed by atoms with Crippen LogP contribution in [0.25, 0.3) is 6.08 Å². The van der Waals surface area contributed by atoms with Crippen molar-refractivity contribution in [2.45, 2.75) is 6.61 Å². The van der Waals surface area contributed by atoms with Crippen molar-refractivity contribution in [3.8, 4) is 17.2 Å². The lowest BCUT2D eigenvalue weighted by molar-refractivity contribution is -0.122. The van der Waals surface area contributed by atoms with Crippen molar-refractivity contribution in [3.05, 3.63) is 112 Å². The second-order valence-electron chi connectivity index (χ2n) is 8.04. The normalized spacial score (nSPS) is 14.5. The minimum atomic E-state index is -0.620. The lowest BCUT2D eigenvalue weighted by Gasteiger charge is -2.28. The van der Waals surface area contributed by atoms with Crippen LogP contribution in [0.5, 0.6) is 17.2 Å². The van der Waals surface area contributed by atoms with Crippen molar-refractivity contribution >= 4 is 64.1 Å². The Morgan fingerprint density at radius 2 is 1.58 bits per heavy atom. The molecule has 0 bridgehead atoms. The van der Waals surface area contributed by atoms with Crippen molar-refractivity contribution in [2.75, 3.05) is 4.90 Å². The van der Waals surface area contributed by atoms with Gasteiger partial charge < -0.3 is 13.9 Å². The molecular weight excluding hydrogens is 547 g/mol. The fraction of sp³-hybridized carbons (Fsp3) is 0.0357. The summed E-state index contributed by atoms with van der Waals surface area (Å²) in [4.78, 5) is 27.1. The van der Waals surface area contributed by atoms with Crippen LogP contribution in [0.15, 0.2) is 94.9 Å². The van der Waals surface area contributed by atoms with Crippen LogP contribution in [0.1, 0.15) is 11.5 Å². The summed E-state index contributed by atoms with van der Waals surface area (Å²) in [6.07, 6.45) is 1.36. The summed E-state index contributed by atoms with van der Waals surface area (Å²) in [5.74, 6) is 1.36. The van der Waals surface area contributed by atoms with Gasteiger partial charge in [0, 0.05) is 6.07 Å². The number of furan rings is 1. The molecule has 3 aromatic carbocycles. The summed E-state index contributed by atoms with van der Waals surface area (Å²) in [5, 5.41) is 3.33. The molecule has 0 aliphatic carbocycles. The van der Waals surface area contributed by atoms with Gasteiger partial charge in [-0.2, -0.15) is 0 Å². The van der Waals surface area contributed by atoms with Gasteiger partial charge in [0.25, 0.3) is 11.8 Å². The number of hydrogen-bond donors (Lipinski definition) is 1. The number of carbonyl (C=O) groups is 2. The van der Waals surface area contributed by atoms with Gasteiger partial charge in [0.15, 0.2) is 5.11 Å². The number of thiocarbonyl (C=S) groups is 1. The molecule has 38 heavy (non-hydrogen) atoms. The van der Waals surface area contributed by atoms with Gasteiger partial charge in [-0.3, -0.25) is 19.8 Å². The molecule has 1 aromatic heterocycles. The van der Waals surface area contributed by atoms with E-state index in [4.69, 9.17) is 49.3 Å². The summed E-state index contributed by atoms with van der Waals surface area (Å²) < 4.78 is 17.2. The highest BCUT2D eigenvalue weighted by atomic mass is 35.5. The molecule has 7 nitrogen and oxygen atoms in total. The van der Waals surface area contributed by atoms with Crippen LogP contribution in [-0.4, -0.2) is 16.9 Å². The second kappa shape index (κ2) is 11.1. The highest BCUT2D eigenvalue weighted by molar-refractivity contribution is 7.80. The van der Waals surface area contributed by atoms with Crippen LogP contribution in [-0.2, 0) is 16.2 Å². The fourth-order valence-corrected chi connectivity index (χ4v) is 4.16. The van der Waals surface area contributed by atoms with Crippen molar-refractivity contribution in [3.63, 3.8) is 0 Å². The van der Waals surface area contributed by atoms with E-state index in [0.717, 1.165) is 0 Å². The van der Waals surface area contributed by atoms with Crippen molar-refractivity contribution in [2.24, 2.45) is 0 Å². The summed E-state index contributed by atoms with van der Waals surface area (Å²) in [7, 11) is 0. The third-order valence-electron chi connectivity index (χ3n) is 5.42. The van der Waals surface area contributed by atoms with Crippen LogP contribution in [0, 0.1) is 0 Å². The minimum Gasteiger partial charge on any atom is -0.486 e. The molecule has 190 valence electrons. The molecule has 0 atom stereocenters. The molecule has 2 heterocycles. The van der Waals surface area contributed by atoms with Crippen molar-refractivity contribution < 1.29 is 23.5 Å². The Kier molecular flexibility index (Phi) is 7.46. The molecule has 1 saturated heterocycles. The Morgan fingerprint density at radius 1 is 0.868 bits per heavy atom. The van der Waals surface area contributed by atoms with Crippen LogP contribution < -0.4 is 19.7 Å². The minimum absolute atomic E-state index is 0.0240. The van der Waals surface area contributed by atoms with Gasteiger partial charge >= 0.3 is 0 Å². The van der Waals surface area contributed by atoms with Gasteiger partial charge in [0.1, 0.15) is 40.9 Å². The first kappa shape index (κ1) is 25.5. The van der Waals surface area contributed by atoms with Gasteiger partial charge in [0.2, 0.25) is 0 Å². The quantitative estimate of drug-likeness (QED) is 0.151. The molecule has 0 spiro atoms. The average molecular weight is 565 g/mol. The molecule has 1 N–H and O–H groups in total. The van der Waals surface area contributed by atoms with Gasteiger partial charge in [-0.15, -0.1) is 0 Å². The second-order valence-corrected chi connectivity index (χ2v) is 9.24. The molecule has 5 rings (SSSR count). The molecule has 2 amide bonds. The zero-order valence-corrected chi connectivity index (χ0v) is 21.8. The number of halogens is 2. The van der Waals surface area contributed by atoms with Crippen LogP contribution >= 0.6 is 35.4 Å². The van der Waals surface area contributed by atoms with E-state index in [2.05, 4.69) is 5.32 Å². The van der Waals surface area contributed by atoms with E-state index in [9.17, 15) is 9.59 Å². The van der Waals surface area contributed by atoms with E-state index < -0.39 is 11.8 Å². The Morgan fingerprint density at radius 3 is 2.32 bits per heavy atom. The lowest BCUT2D eigenvalue weighted by atomic mass is 10.1. The third-order valence-corrected chi connectivity index (χ3v) is 6.44. The van der Waals surface area contributed by atoms with Crippen molar-refractivity contribution in [1.82, 2.24) is 5.32 Å². The first-order valence-electron chi connectivity index (χ1n) is 11.3. The van der Waals surface area contributed by atoms with Gasteiger partial charge in [0.05, 0.1) is 15.7 Å². The van der Waals surface area contributed by atoms with E-state index in [0.29, 0.717) is 44.5 Å². The van der Waals surface area contributed by atoms with E-state index in [1.165, 1.54) is 11.0 Å². The zero-order chi connectivity index (χ0) is 26.6. The number of para-hydroxylation sites is 1. The largest absolute Gasteiger partial charge is 0.486 e. The summed E-state index contributed by atoms with van der Waals surface area (Å²) in [5.41, 5.74) is 0.344. The number of ether oxygens (including phenoxy) is 2. The molecule has 0 saturated carbocycles. The molecule has 1 aliphatic heterocycles. The highest BCUT2D eigenvalue weighted by Gasteiger charge is 2.34. The molecule has 0 unspecified atom stereocenters. The smallest absolute Gasteiger partial charge is 0.270 e. The van der Waals surface area contributed by atoms with E-state index in [-0.39, 0.29) is 17.3 Å². The Labute approximate surface area is 233 Å². The van der Waals surface area contributed by atoms with E-state index in [1.807, 2.05) is 30.3 Å². The number of nitrogens with zero attached hydrogens (tertiary/aromatic N) is 1. The molecule has 1 aliphatic rings. The number of nitrogens with one attached hydrogen (secondary N) is 1. The maximum Gasteiger partial charge on any atom is 0.270 e. The van der Waals surface area contributed by atoms with E-state index in [1.54, 1.807) is 54.6 Å². The van der Waals surface area contributed by atoms with Gasteiger partial charge in [-0.1, -0.05) is 41.4 Å². The lowest BCUT2D eigenvalue weighted by Crippen LogP contribution is -2.54. The predicted octanol–water partition coefficient (Wildman–Crippen LogP) is 6.79. The van der Waals surface area contributed by atoms with E-state index >= 15 is 0 Å². The van der Waals surface area contributed by atoms with Gasteiger partial charge in [-0.05, 0) is 79.0 Å². The number of benzene rings is 3. The average Bonchev–Trinajstić information content (AvgIpc) is 3.36. The monoisotopic (exact) mass is 564 g/mol. The van der Waals surface area contributed by atoms with Crippen LogP contribution in [0.4, 0.5) is 5.69 Å². The SMILES string of the molecule is O=C1NC(=S)N(c2ccc(Oc3ccccc3)cc2)C(=O)/C1=C/c1ccc(COc2ccc(Cl)c(Cl)c2)o1. The Bertz CT molecular complexity index is 1550. The highest BCUT2D eigenvalue weighted by Crippen LogP contribution is 2.28. The van der Waals surface area contributed by atoms with Gasteiger partial charge in [-0.25, -0.2) is 0 Å². The third kappa shape index (κ3) is 5.73. The zero-order valence-electron chi connectivity index (χ0n) is 19.5. The number of hydrogen-bond acceptors (Lipinski definition) is 6. The summed E-state index contributed by atoms with van der Waals surface area (Å²) in [6, 6.07) is 24.3. The number of rotatable bonds is 7. The van der Waals surface area contributed by atoms with Crippen LogP contribution in [0.3, 0.4) is 0 Å². The first-order chi connectivity index (χ1) is 18.4. The number of amides is 2. The van der Waals surface area contributed by atoms with Crippen LogP contribution in [0.2, 0.25) is 10.0 Å². The number of anilines is 1. The summed E-state index contributed by atoms with van der Waals surface area (Å²) >= 11 is 17.2. The first-order valence-corrected chi connectivity index (χ1v) is 12.4. The standard InChI is InChI=1S/C28H18Cl2N2O5S/c29-24-13-12-20(15-25(24)30)35-16-22-11-10-21(37-22)14-23-26(33)31-28(38)32(27(23)34)17-6-8-19(9-7-17)36-18-4-2-1-3-5-18/h1-15H,16H2,(H,31,33,38)/b23-14+. The topological polar surface area (TPSA) is 81.0 Å².